The zero-order valence-corrected chi connectivity index (χ0v) is 9.67. The van der Waals surface area contributed by atoms with Crippen molar-refractivity contribution >= 4 is 11.2 Å². The second-order valence-corrected chi connectivity index (χ2v) is 4.10. The second kappa shape index (κ2) is 4.70. The van der Waals surface area contributed by atoms with Gasteiger partial charge in [-0.1, -0.05) is 0 Å². The van der Waals surface area contributed by atoms with E-state index in [-0.39, 0.29) is 5.88 Å². The molecule has 0 amide bonds. The van der Waals surface area contributed by atoms with Crippen LogP contribution in [0.1, 0.15) is 0 Å². The van der Waals surface area contributed by atoms with Crippen molar-refractivity contribution < 1.29 is 24.8 Å². The second-order valence-electron chi connectivity index (χ2n) is 4.10. The lowest BCUT2D eigenvalue weighted by Crippen LogP contribution is -2.35. The minimum absolute atomic E-state index is 0.150. The Morgan fingerprint density at radius 1 is 1.26 bits per heavy atom. The molecule has 0 aliphatic carbocycles. The van der Waals surface area contributed by atoms with Gasteiger partial charge in [0.25, 0.3) is 0 Å². The molecule has 1 aliphatic heterocycles. The highest BCUT2D eigenvalue weighted by molar-refractivity contribution is 5.74. The SMILES string of the molecule is OC[C@H]1OC(Oc2ncnc3nc[nH]c23)[C@@H](O)[C@@H]1O. The smallest absolute Gasteiger partial charge is 0.245 e. The van der Waals surface area contributed by atoms with Gasteiger partial charge >= 0.3 is 0 Å². The molecule has 19 heavy (non-hydrogen) atoms. The van der Waals surface area contributed by atoms with Crippen LogP contribution in [-0.2, 0) is 4.74 Å². The molecule has 0 bridgehead atoms. The molecule has 3 heterocycles. The first kappa shape index (κ1) is 12.2. The minimum Gasteiger partial charge on any atom is -0.443 e. The number of aliphatic hydroxyl groups is 3. The summed E-state index contributed by atoms with van der Waals surface area (Å²) in [6.07, 6.45) is -1.80. The topological polar surface area (TPSA) is 134 Å². The van der Waals surface area contributed by atoms with Crippen LogP contribution in [0.4, 0.5) is 0 Å². The van der Waals surface area contributed by atoms with Gasteiger partial charge in [-0.2, -0.15) is 4.98 Å². The summed E-state index contributed by atoms with van der Waals surface area (Å²) in [5.41, 5.74) is 0.872. The Morgan fingerprint density at radius 2 is 2.11 bits per heavy atom. The molecule has 3 rings (SSSR count). The lowest BCUT2D eigenvalue weighted by molar-refractivity contribution is -0.117. The maximum absolute atomic E-state index is 9.76. The van der Waals surface area contributed by atoms with Gasteiger partial charge in [-0.3, -0.25) is 0 Å². The molecular weight excluding hydrogens is 256 g/mol. The van der Waals surface area contributed by atoms with Crippen LogP contribution in [0.2, 0.25) is 0 Å². The van der Waals surface area contributed by atoms with Crippen molar-refractivity contribution in [1.82, 2.24) is 19.9 Å². The van der Waals surface area contributed by atoms with E-state index in [2.05, 4.69) is 19.9 Å². The Morgan fingerprint density at radius 3 is 2.84 bits per heavy atom. The Kier molecular flexibility index (Phi) is 3.03. The van der Waals surface area contributed by atoms with Gasteiger partial charge in [-0.25, -0.2) is 9.97 Å². The predicted molar refractivity (Wildman–Crippen MR) is 60.1 cm³/mol. The highest BCUT2D eigenvalue weighted by atomic mass is 16.7. The first-order valence-electron chi connectivity index (χ1n) is 5.64. The van der Waals surface area contributed by atoms with Crippen LogP contribution < -0.4 is 4.74 Å². The molecule has 1 unspecified atom stereocenters. The number of nitrogens with one attached hydrogen (secondary N) is 1. The quantitative estimate of drug-likeness (QED) is 0.511. The molecule has 4 N–H and O–H groups in total. The predicted octanol–water partition coefficient (Wildman–Crippen LogP) is -1.83. The van der Waals surface area contributed by atoms with Gasteiger partial charge in [0, 0.05) is 0 Å². The maximum Gasteiger partial charge on any atom is 0.245 e. The van der Waals surface area contributed by atoms with E-state index in [4.69, 9.17) is 14.6 Å². The number of imidazole rings is 1. The van der Waals surface area contributed by atoms with E-state index in [9.17, 15) is 10.2 Å². The first-order chi connectivity index (χ1) is 9.20. The van der Waals surface area contributed by atoms with Gasteiger partial charge < -0.3 is 29.8 Å². The average Bonchev–Trinajstić information content (AvgIpc) is 2.99. The molecule has 0 saturated carbocycles. The van der Waals surface area contributed by atoms with Gasteiger partial charge in [-0.05, 0) is 0 Å². The molecule has 9 heteroatoms. The molecule has 1 aliphatic rings. The average molecular weight is 268 g/mol. The molecule has 0 spiro atoms. The Bertz CT molecular complexity index is 576. The normalized spacial score (nSPS) is 30.9. The number of aromatic nitrogens is 4. The van der Waals surface area contributed by atoms with Crippen molar-refractivity contribution in [3.63, 3.8) is 0 Å². The minimum atomic E-state index is -1.27. The van der Waals surface area contributed by atoms with Crippen LogP contribution in [0.3, 0.4) is 0 Å². The van der Waals surface area contributed by atoms with E-state index >= 15 is 0 Å². The third-order valence-corrected chi connectivity index (χ3v) is 2.91. The molecule has 9 nitrogen and oxygen atoms in total. The van der Waals surface area contributed by atoms with Gasteiger partial charge in [0.15, 0.2) is 5.65 Å². The fourth-order valence-corrected chi connectivity index (χ4v) is 1.90. The molecule has 0 radical (unpaired) electrons. The van der Waals surface area contributed by atoms with Crippen molar-refractivity contribution in [2.75, 3.05) is 6.61 Å². The van der Waals surface area contributed by atoms with Crippen molar-refractivity contribution in [1.29, 1.82) is 0 Å². The zero-order chi connectivity index (χ0) is 13.4. The Hall–Kier alpha value is -1.81. The Labute approximate surface area is 106 Å². The summed E-state index contributed by atoms with van der Waals surface area (Å²) >= 11 is 0. The number of ether oxygens (including phenoxy) is 2. The van der Waals surface area contributed by atoms with Crippen LogP contribution >= 0.6 is 0 Å². The summed E-state index contributed by atoms with van der Waals surface area (Å²) in [5.74, 6) is 0.150. The monoisotopic (exact) mass is 268 g/mol. The number of nitrogens with zero attached hydrogens (tertiary/aromatic N) is 3. The molecular formula is C10H12N4O5. The van der Waals surface area contributed by atoms with E-state index < -0.39 is 31.2 Å². The standard InChI is InChI=1S/C10H12N4O5/c15-1-4-6(16)7(17)10(18-4)19-9-5-8(12-2-11-5)13-3-14-9/h2-4,6-7,10,15-17H,1H2,(H,11,12,13,14)/t4-,6-,7+,10?/m1/s1. The fraction of sp³-hybridized carbons (Fsp3) is 0.500. The van der Waals surface area contributed by atoms with Crippen molar-refractivity contribution in [2.24, 2.45) is 0 Å². The Balaban J connectivity index is 1.84. The van der Waals surface area contributed by atoms with E-state index in [1.54, 1.807) is 0 Å². The maximum atomic E-state index is 9.76. The van der Waals surface area contributed by atoms with E-state index in [0.717, 1.165) is 0 Å². The number of hydrogen-bond donors (Lipinski definition) is 4. The van der Waals surface area contributed by atoms with Gasteiger partial charge in [0.05, 0.1) is 12.9 Å². The largest absolute Gasteiger partial charge is 0.443 e. The molecule has 2 aromatic heterocycles. The fourth-order valence-electron chi connectivity index (χ4n) is 1.90. The number of fused-ring (bicyclic) bond motifs is 1. The summed E-state index contributed by atoms with van der Waals surface area (Å²) in [7, 11) is 0. The third-order valence-electron chi connectivity index (χ3n) is 2.91. The molecule has 1 fully saturated rings. The number of aliphatic hydroxyl groups excluding tert-OH is 3. The first-order valence-corrected chi connectivity index (χ1v) is 5.64. The van der Waals surface area contributed by atoms with Crippen molar-refractivity contribution in [3.8, 4) is 5.88 Å². The lowest BCUT2D eigenvalue weighted by atomic mass is 10.1. The van der Waals surface area contributed by atoms with Crippen LogP contribution in [0, 0.1) is 0 Å². The summed E-state index contributed by atoms with van der Waals surface area (Å²) in [6.45, 7) is -0.415. The van der Waals surface area contributed by atoms with Gasteiger partial charge in [0.1, 0.15) is 30.2 Å². The van der Waals surface area contributed by atoms with Crippen LogP contribution in [-0.4, -0.2) is 66.5 Å². The highest BCUT2D eigenvalue weighted by Gasteiger charge is 2.44. The number of hydrogen-bond acceptors (Lipinski definition) is 8. The summed E-state index contributed by atoms with van der Waals surface area (Å²) in [4.78, 5) is 14.6. The van der Waals surface area contributed by atoms with Gasteiger partial charge in [0.2, 0.25) is 12.2 Å². The van der Waals surface area contributed by atoms with E-state index in [1.807, 2.05) is 0 Å². The van der Waals surface area contributed by atoms with Crippen molar-refractivity contribution in [2.45, 2.75) is 24.6 Å². The number of H-pyrrole nitrogens is 1. The lowest BCUT2D eigenvalue weighted by Gasteiger charge is -2.15. The highest BCUT2D eigenvalue weighted by Crippen LogP contribution is 2.25. The third kappa shape index (κ3) is 2.02. The molecule has 4 atom stereocenters. The van der Waals surface area contributed by atoms with Crippen LogP contribution in [0.15, 0.2) is 12.7 Å². The molecule has 0 aromatic carbocycles. The van der Waals surface area contributed by atoms with Crippen LogP contribution in [0.5, 0.6) is 5.88 Å². The van der Waals surface area contributed by atoms with E-state index in [1.165, 1.54) is 12.7 Å². The molecule has 2 aromatic rings. The van der Waals surface area contributed by atoms with Crippen molar-refractivity contribution in [3.05, 3.63) is 12.7 Å². The molecule has 1 saturated heterocycles. The summed E-state index contributed by atoms with van der Waals surface area (Å²) in [6, 6.07) is 0. The van der Waals surface area contributed by atoms with Gasteiger partial charge in [-0.15, -0.1) is 0 Å². The number of aromatic amines is 1. The zero-order valence-electron chi connectivity index (χ0n) is 9.67. The number of rotatable bonds is 3. The van der Waals surface area contributed by atoms with Crippen LogP contribution in [0.25, 0.3) is 11.2 Å². The summed E-state index contributed by atoms with van der Waals surface area (Å²) in [5, 5.41) is 28.4. The molecule has 102 valence electrons. The summed E-state index contributed by atoms with van der Waals surface area (Å²) < 4.78 is 10.6. The van der Waals surface area contributed by atoms with E-state index in [0.29, 0.717) is 11.2 Å².